The number of hydrogen-bond acceptors (Lipinski definition) is 3. The predicted octanol–water partition coefficient (Wildman–Crippen LogP) is 2.26. The van der Waals surface area contributed by atoms with Crippen molar-refractivity contribution in [2.75, 3.05) is 0 Å². The second-order valence-corrected chi connectivity index (χ2v) is 4.71. The molecule has 14 heavy (non-hydrogen) atoms. The molecule has 0 amide bonds. The summed E-state index contributed by atoms with van der Waals surface area (Å²) >= 11 is 5.03. The van der Waals surface area contributed by atoms with Gasteiger partial charge >= 0.3 is 0 Å². The van der Waals surface area contributed by atoms with E-state index in [-0.39, 0.29) is 0 Å². The zero-order valence-electron chi connectivity index (χ0n) is 9.19. The smallest absolute Gasteiger partial charge is 0.238 e. The SMILES string of the molecule is CC(C)C(Cn1[nH]nnc1=S)C(C)C. The zero-order valence-corrected chi connectivity index (χ0v) is 10.0. The molecule has 0 saturated heterocycles. The highest BCUT2D eigenvalue weighted by Gasteiger charge is 2.18. The molecule has 1 aromatic heterocycles. The van der Waals surface area contributed by atoms with Crippen molar-refractivity contribution in [2.24, 2.45) is 17.8 Å². The van der Waals surface area contributed by atoms with Crippen molar-refractivity contribution in [1.29, 1.82) is 0 Å². The Kier molecular flexibility index (Phi) is 3.80. The number of H-pyrrole nitrogens is 1. The second-order valence-electron chi connectivity index (χ2n) is 4.35. The average molecular weight is 214 g/mol. The fraction of sp³-hybridized carbons (Fsp3) is 0.889. The van der Waals surface area contributed by atoms with E-state index in [1.54, 1.807) is 0 Å². The van der Waals surface area contributed by atoms with E-state index in [0.717, 1.165) is 6.54 Å². The number of rotatable bonds is 4. The summed E-state index contributed by atoms with van der Waals surface area (Å²) in [5.41, 5.74) is 0. The highest BCUT2D eigenvalue weighted by Crippen LogP contribution is 2.21. The molecule has 0 fully saturated rings. The van der Waals surface area contributed by atoms with Crippen LogP contribution in [0.15, 0.2) is 0 Å². The van der Waals surface area contributed by atoms with Gasteiger partial charge in [-0.25, -0.2) is 4.68 Å². The molecule has 0 aliphatic heterocycles. The number of nitrogens with one attached hydrogen (secondary N) is 1. The summed E-state index contributed by atoms with van der Waals surface area (Å²) in [5.74, 6) is 1.88. The summed E-state index contributed by atoms with van der Waals surface area (Å²) in [4.78, 5) is 0. The first-order chi connectivity index (χ1) is 6.52. The van der Waals surface area contributed by atoms with Gasteiger partial charge in [0.2, 0.25) is 4.77 Å². The Morgan fingerprint density at radius 1 is 1.29 bits per heavy atom. The lowest BCUT2D eigenvalue weighted by Gasteiger charge is -2.24. The van der Waals surface area contributed by atoms with Crippen molar-refractivity contribution < 1.29 is 0 Å². The van der Waals surface area contributed by atoms with Gasteiger partial charge in [-0.1, -0.05) is 38.0 Å². The maximum Gasteiger partial charge on any atom is 0.238 e. The van der Waals surface area contributed by atoms with Crippen LogP contribution in [0.2, 0.25) is 0 Å². The second kappa shape index (κ2) is 4.68. The summed E-state index contributed by atoms with van der Waals surface area (Å²) in [7, 11) is 0. The molecule has 0 saturated carbocycles. The highest BCUT2D eigenvalue weighted by atomic mass is 32.1. The van der Waals surface area contributed by atoms with Gasteiger partial charge in [-0.2, -0.15) is 5.21 Å². The molecule has 0 spiro atoms. The third-order valence-electron chi connectivity index (χ3n) is 2.64. The van der Waals surface area contributed by atoms with Gasteiger partial charge in [0.05, 0.1) is 0 Å². The van der Waals surface area contributed by atoms with Crippen LogP contribution in [0, 0.1) is 22.5 Å². The molecule has 1 N–H and O–H groups in total. The largest absolute Gasteiger partial charge is 0.242 e. The molecule has 5 heteroatoms. The van der Waals surface area contributed by atoms with Crippen molar-refractivity contribution in [3.8, 4) is 0 Å². The van der Waals surface area contributed by atoms with Crippen molar-refractivity contribution in [2.45, 2.75) is 34.2 Å². The first-order valence-corrected chi connectivity index (χ1v) is 5.41. The van der Waals surface area contributed by atoms with Crippen LogP contribution < -0.4 is 0 Å². The third kappa shape index (κ3) is 2.64. The van der Waals surface area contributed by atoms with E-state index in [9.17, 15) is 0 Å². The van der Waals surface area contributed by atoms with Crippen molar-refractivity contribution in [3.63, 3.8) is 0 Å². The molecule has 0 bridgehead atoms. The molecular formula is C9H18N4S. The van der Waals surface area contributed by atoms with Crippen LogP contribution in [-0.2, 0) is 6.54 Å². The topological polar surface area (TPSA) is 46.5 Å². The van der Waals surface area contributed by atoms with Gasteiger partial charge in [0, 0.05) is 6.54 Å². The molecule has 4 nitrogen and oxygen atoms in total. The summed E-state index contributed by atoms with van der Waals surface area (Å²) in [6, 6.07) is 0. The van der Waals surface area contributed by atoms with Gasteiger partial charge in [0.1, 0.15) is 0 Å². The summed E-state index contributed by atoms with van der Waals surface area (Å²) in [6.45, 7) is 9.81. The predicted molar refractivity (Wildman–Crippen MR) is 58.4 cm³/mol. The molecule has 1 rings (SSSR count). The molecule has 0 aliphatic carbocycles. The fourth-order valence-corrected chi connectivity index (χ4v) is 1.89. The molecule has 0 radical (unpaired) electrons. The zero-order chi connectivity index (χ0) is 10.7. The summed E-state index contributed by atoms with van der Waals surface area (Å²) in [6.07, 6.45) is 0. The Balaban J connectivity index is 2.75. The normalized spacial score (nSPS) is 11.9. The lowest BCUT2D eigenvalue weighted by molar-refractivity contribution is 0.240. The summed E-state index contributed by atoms with van der Waals surface area (Å²) < 4.78 is 2.37. The minimum absolute atomic E-state index is 0.538. The lowest BCUT2D eigenvalue weighted by atomic mass is 9.86. The van der Waals surface area contributed by atoms with Crippen LogP contribution in [0.25, 0.3) is 0 Å². The molecule has 0 atom stereocenters. The van der Waals surface area contributed by atoms with E-state index < -0.39 is 0 Å². The van der Waals surface area contributed by atoms with Gasteiger partial charge in [0.25, 0.3) is 0 Å². The van der Waals surface area contributed by atoms with Gasteiger partial charge in [0.15, 0.2) is 0 Å². The Morgan fingerprint density at radius 2 is 1.86 bits per heavy atom. The molecule has 0 unspecified atom stereocenters. The third-order valence-corrected chi connectivity index (χ3v) is 2.94. The van der Waals surface area contributed by atoms with Crippen LogP contribution in [0.4, 0.5) is 0 Å². The molecule has 1 aromatic rings. The Hall–Kier alpha value is -0.710. The van der Waals surface area contributed by atoms with E-state index in [4.69, 9.17) is 12.2 Å². The Morgan fingerprint density at radius 3 is 2.21 bits per heavy atom. The number of nitrogens with zero attached hydrogens (tertiary/aromatic N) is 3. The van der Waals surface area contributed by atoms with Crippen molar-refractivity contribution >= 4 is 12.2 Å². The minimum atomic E-state index is 0.538. The van der Waals surface area contributed by atoms with Crippen LogP contribution in [0.3, 0.4) is 0 Å². The van der Waals surface area contributed by atoms with Crippen LogP contribution in [0.1, 0.15) is 27.7 Å². The monoisotopic (exact) mass is 214 g/mol. The van der Waals surface area contributed by atoms with Gasteiger partial charge < -0.3 is 0 Å². The molecule has 0 aliphatic rings. The average Bonchev–Trinajstić information content (AvgIpc) is 2.46. The van der Waals surface area contributed by atoms with E-state index in [2.05, 4.69) is 43.2 Å². The molecule has 80 valence electrons. The first kappa shape index (κ1) is 11.4. The fourth-order valence-electron chi connectivity index (χ4n) is 1.74. The van der Waals surface area contributed by atoms with Crippen molar-refractivity contribution in [3.05, 3.63) is 4.77 Å². The van der Waals surface area contributed by atoms with Crippen molar-refractivity contribution in [1.82, 2.24) is 20.2 Å². The van der Waals surface area contributed by atoms with E-state index >= 15 is 0 Å². The maximum atomic E-state index is 5.03. The molecular weight excluding hydrogens is 196 g/mol. The van der Waals surface area contributed by atoms with E-state index in [1.165, 1.54) is 0 Å². The maximum absolute atomic E-state index is 5.03. The highest BCUT2D eigenvalue weighted by molar-refractivity contribution is 7.71. The van der Waals surface area contributed by atoms with Gasteiger partial charge in [-0.15, -0.1) is 0 Å². The van der Waals surface area contributed by atoms with Crippen LogP contribution in [0.5, 0.6) is 0 Å². The van der Waals surface area contributed by atoms with Crippen LogP contribution in [-0.4, -0.2) is 20.2 Å². The standard InChI is InChI=1S/C9H18N4S/c1-6(2)8(7(3)4)5-13-9(14)10-11-12-13/h6-8H,5H2,1-4H3,(H,10,12,14). The van der Waals surface area contributed by atoms with E-state index in [0.29, 0.717) is 22.5 Å². The van der Waals surface area contributed by atoms with E-state index in [1.807, 2.05) is 4.68 Å². The molecule has 0 aromatic carbocycles. The van der Waals surface area contributed by atoms with Gasteiger partial charge in [-0.05, 0) is 30.0 Å². The number of aromatic amines is 1. The quantitative estimate of drug-likeness (QED) is 0.782. The number of aromatic nitrogens is 4. The Labute approximate surface area is 89.7 Å². The minimum Gasteiger partial charge on any atom is -0.242 e. The van der Waals surface area contributed by atoms with Gasteiger partial charge in [-0.3, -0.25) is 0 Å². The van der Waals surface area contributed by atoms with Crippen LogP contribution >= 0.6 is 12.2 Å². The Bertz CT molecular complexity index is 318. The molecule has 1 heterocycles. The lowest BCUT2D eigenvalue weighted by Crippen LogP contribution is -2.22. The first-order valence-electron chi connectivity index (χ1n) is 5.00. The summed E-state index contributed by atoms with van der Waals surface area (Å²) in [5, 5.41) is 10.2. The number of tetrazole rings is 1. The number of hydrogen-bond donors (Lipinski definition) is 1.